The Balaban J connectivity index is 2.42. The summed E-state index contributed by atoms with van der Waals surface area (Å²) in [5.41, 5.74) is -9.47. The van der Waals surface area contributed by atoms with Crippen LogP contribution in [0.25, 0.3) is 5.69 Å². The number of hydrogen-bond acceptors (Lipinski definition) is 6. The summed E-state index contributed by atoms with van der Waals surface area (Å²) in [4.78, 5) is -1.86. The molecule has 18 heteroatoms. The zero-order chi connectivity index (χ0) is 28.8. The molecule has 2 aromatic carbocycles. The van der Waals surface area contributed by atoms with Crippen LogP contribution in [0, 0.1) is 11.3 Å². The van der Waals surface area contributed by atoms with Gasteiger partial charge < -0.3 is 0 Å². The van der Waals surface area contributed by atoms with Gasteiger partial charge in [-0.2, -0.15) is 36.7 Å². The molecular formula is C20H12Cl2F6N4O4S2. The molecular weight excluding hydrogens is 609 g/mol. The van der Waals surface area contributed by atoms with Crippen molar-refractivity contribution in [2.75, 3.05) is 11.4 Å². The molecule has 0 spiro atoms. The molecule has 3 rings (SSSR count). The van der Waals surface area contributed by atoms with Crippen molar-refractivity contribution in [2.45, 2.75) is 22.3 Å². The Bertz CT molecular complexity index is 1630. The summed E-state index contributed by atoms with van der Waals surface area (Å²) in [6.45, 7) is 0. The predicted molar refractivity (Wildman–Crippen MR) is 124 cm³/mol. The van der Waals surface area contributed by atoms with Gasteiger partial charge in [0.2, 0.25) is 10.0 Å². The van der Waals surface area contributed by atoms with Crippen LogP contribution in [0.3, 0.4) is 0 Å². The van der Waals surface area contributed by atoms with Crippen molar-refractivity contribution in [3.8, 4) is 11.8 Å². The lowest BCUT2D eigenvalue weighted by Gasteiger charge is -2.23. The van der Waals surface area contributed by atoms with E-state index in [1.165, 1.54) is 24.3 Å². The van der Waals surface area contributed by atoms with Crippen molar-refractivity contribution in [2.24, 2.45) is 0 Å². The maximum absolute atomic E-state index is 13.6. The van der Waals surface area contributed by atoms with Crippen LogP contribution in [0.4, 0.5) is 32.2 Å². The van der Waals surface area contributed by atoms with Crippen molar-refractivity contribution < 1.29 is 43.2 Å². The molecule has 0 atom stereocenters. The highest BCUT2D eigenvalue weighted by Gasteiger charge is 2.52. The van der Waals surface area contributed by atoms with Gasteiger partial charge in [-0.15, -0.1) is 0 Å². The molecule has 0 saturated heterocycles. The molecule has 0 radical (unpaired) electrons. The highest BCUT2D eigenvalue weighted by atomic mass is 35.5. The summed E-state index contributed by atoms with van der Waals surface area (Å²) >= 11 is 11.9. The second kappa shape index (κ2) is 9.95. The van der Waals surface area contributed by atoms with E-state index in [4.69, 9.17) is 23.2 Å². The van der Waals surface area contributed by atoms with E-state index in [1.54, 1.807) is 6.07 Å². The Kier molecular flexibility index (Phi) is 7.74. The number of sulfonamides is 1. The fraction of sp³-hybridized carbons (Fsp3) is 0.200. The van der Waals surface area contributed by atoms with E-state index < -0.39 is 75.0 Å². The fourth-order valence-electron chi connectivity index (χ4n) is 3.21. The van der Waals surface area contributed by atoms with Crippen LogP contribution >= 0.6 is 23.2 Å². The Labute approximate surface area is 221 Å². The van der Waals surface area contributed by atoms with Crippen LogP contribution in [0.2, 0.25) is 10.0 Å². The van der Waals surface area contributed by atoms with Gasteiger partial charge in [0.05, 0.1) is 21.4 Å². The predicted octanol–water partition coefficient (Wildman–Crippen LogP) is 5.33. The van der Waals surface area contributed by atoms with Crippen molar-refractivity contribution in [3.05, 3.63) is 69.3 Å². The molecule has 0 fully saturated rings. The molecule has 0 N–H and O–H groups in total. The summed E-state index contributed by atoms with van der Waals surface area (Å²) in [5, 5.41) is 11.1. The van der Waals surface area contributed by atoms with Gasteiger partial charge in [0.15, 0.2) is 16.4 Å². The van der Waals surface area contributed by atoms with Crippen molar-refractivity contribution >= 4 is 48.9 Å². The molecule has 0 amide bonds. The summed E-state index contributed by atoms with van der Waals surface area (Å²) in [5.74, 6) is -2.20. The first-order chi connectivity index (χ1) is 17.3. The van der Waals surface area contributed by atoms with E-state index in [9.17, 15) is 48.4 Å². The minimum absolute atomic E-state index is 0.108. The van der Waals surface area contributed by atoms with Crippen LogP contribution in [0.1, 0.15) is 16.8 Å². The van der Waals surface area contributed by atoms with Gasteiger partial charge >= 0.3 is 11.7 Å². The van der Waals surface area contributed by atoms with Crippen molar-refractivity contribution in [3.63, 3.8) is 0 Å². The summed E-state index contributed by atoms with van der Waals surface area (Å²) < 4.78 is 132. The van der Waals surface area contributed by atoms with Gasteiger partial charge in [-0.1, -0.05) is 53.5 Å². The number of rotatable bonds is 6. The quantitative estimate of drug-likeness (QED) is 0.344. The third kappa shape index (κ3) is 5.41. The molecule has 1 aromatic heterocycles. The first-order valence-corrected chi connectivity index (χ1v) is 13.6. The minimum atomic E-state index is -6.45. The molecule has 0 unspecified atom stereocenters. The highest BCUT2D eigenvalue weighted by Crippen LogP contribution is 2.43. The number of anilines is 1. The Hall–Kier alpha value is -3.00. The normalized spacial score (nSPS) is 12.8. The largest absolute Gasteiger partial charge is 0.502 e. The van der Waals surface area contributed by atoms with Crippen molar-refractivity contribution in [1.29, 1.82) is 5.26 Å². The van der Waals surface area contributed by atoms with Gasteiger partial charge in [-0.25, -0.2) is 21.5 Å². The second-order valence-electron chi connectivity index (χ2n) is 7.47. The average Bonchev–Trinajstić information content (AvgIpc) is 3.16. The van der Waals surface area contributed by atoms with Crippen LogP contribution in [0.15, 0.2) is 47.4 Å². The Morgan fingerprint density at radius 2 is 1.53 bits per heavy atom. The molecule has 0 aliphatic rings. The Morgan fingerprint density at radius 1 is 1.00 bits per heavy atom. The third-order valence-corrected chi connectivity index (χ3v) is 8.77. The van der Waals surface area contributed by atoms with Crippen LogP contribution in [0.5, 0.6) is 0 Å². The molecule has 204 valence electrons. The number of benzene rings is 2. The lowest BCUT2D eigenvalue weighted by atomic mass is 10.2. The van der Waals surface area contributed by atoms with Gasteiger partial charge in [-0.3, -0.25) is 4.31 Å². The number of aromatic nitrogens is 2. The minimum Gasteiger partial charge on any atom is -0.255 e. The highest BCUT2D eigenvalue weighted by molar-refractivity contribution is 7.93. The zero-order valence-electron chi connectivity index (χ0n) is 18.5. The lowest BCUT2D eigenvalue weighted by Crippen LogP contribution is -2.33. The molecule has 3 aromatic rings. The molecule has 0 aliphatic carbocycles. The number of alkyl halides is 6. The summed E-state index contributed by atoms with van der Waals surface area (Å²) in [7, 11) is -10.5. The number of sulfone groups is 1. The molecule has 0 bridgehead atoms. The maximum Gasteiger partial charge on any atom is 0.502 e. The number of hydrogen-bond donors (Lipinski definition) is 0. The third-order valence-electron chi connectivity index (χ3n) is 4.96. The molecule has 1 heterocycles. The standard InChI is InChI=1S/C20H12Cl2F6N4O4S2/c1-31(37(33,34)10-11-5-3-2-4-6-11)18-17(38(35,36)20(26,27)28)15(9-29)30-32(18)16-13(21)7-12(8-14(16)22)19(23,24)25/h2-8H,10H2,1H3. The summed E-state index contributed by atoms with van der Waals surface area (Å²) in [6, 6.07) is 8.97. The van der Waals surface area contributed by atoms with Gasteiger partial charge in [-0.05, 0) is 17.7 Å². The number of nitriles is 1. The first kappa shape index (κ1) is 29.6. The molecule has 0 aliphatic heterocycles. The average molecular weight is 621 g/mol. The lowest BCUT2D eigenvalue weighted by molar-refractivity contribution is -0.137. The second-order valence-corrected chi connectivity index (χ2v) is 12.2. The topological polar surface area (TPSA) is 113 Å². The maximum atomic E-state index is 13.6. The van der Waals surface area contributed by atoms with E-state index in [0.717, 1.165) is 6.07 Å². The van der Waals surface area contributed by atoms with Gasteiger partial charge in [0.1, 0.15) is 11.8 Å². The number of halogens is 8. The summed E-state index contributed by atoms with van der Waals surface area (Å²) in [6.07, 6.45) is -4.96. The smallest absolute Gasteiger partial charge is 0.255 e. The van der Waals surface area contributed by atoms with E-state index in [0.29, 0.717) is 19.2 Å². The number of nitrogens with zero attached hydrogens (tertiary/aromatic N) is 4. The van der Waals surface area contributed by atoms with Crippen LogP contribution in [-0.4, -0.2) is 39.2 Å². The SMILES string of the molecule is CN(c1c(S(=O)(=O)C(F)(F)F)c(C#N)nn1-c1c(Cl)cc(C(F)(F)F)cc1Cl)S(=O)(=O)Cc1ccccc1. The van der Waals surface area contributed by atoms with E-state index in [1.807, 2.05) is 0 Å². The molecule has 38 heavy (non-hydrogen) atoms. The van der Waals surface area contributed by atoms with E-state index >= 15 is 0 Å². The zero-order valence-corrected chi connectivity index (χ0v) is 21.7. The first-order valence-electron chi connectivity index (χ1n) is 9.74. The monoisotopic (exact) mass is 620 g/mol. The molecule has 0 saturated carbocycles. The van der Waals surface area contributed by atoms with Crippen LogP contribution < -0.4 is 4.31 Å². The van der Waals surface area contributed by atoms with Gasteiger partial charge in [0.25, 0.3) is 9.84 Å². The van der Waals surface area contributed by atoms with E-state index in [-0.39, 0.29) is 14.6 Å². The Morgan fingerprint density at radius 3 is 1.97 bits per heavy atom. The van der Waals surface area contributed by atoms with E-state index in [2.05, 4.69) is 5.10 Å². The molecule has 8 nitrogen and oxygen atoms in total. The van der Waals surface area contributed by atoms with Crippen LogP contribution in [-0.2, 0) is 31.8 Å². The van der Waals surface area contributed by atoms with Crippen molar-refractivity contribution in [1.82, 2.24) is 9.78 Å². The van der Waals surface area contributed by atoms with Gasteiger partial charge in [0, 0.05) is 7.05 Å². The fourth-order valence-corrected chi connectivity index (χ4v) is 6.19.